The molecule has 3 atom stereocenters. The summed E-state index contributed by atoms with van der Waals surface area (Å²) in [4.78, 5) is 37.4. The van der Waals surface area contributed by atoms with Gasteiger partial charge in [0.2, 0.25) is 0 Å². The third kappa shape index (κ3) is 4.92. The van der Waals surface area contributed by atoms with E-state index in [9.17, 15) is 9.59 Å². The molecule has 0 spiro atoms. The molecular formula is C29H33N7O3. The average molecular weight is 528 g/mol. The van der Waals surface area contributed by atoms with Crippen LogP contribution in [0.4, 0.5) is 11.5 Å². The lowest BCUT2D eigenvalue weighted by atomic mass is 9.89. The first kappa shape index (κ1) is 25.2. The minimum atomic E-state index is -0.722. The Kier molecular flexibility index (Phi) is 6.64. The van der Waals surface area contributed by atoms with Crippen molar-refractivity contribution < 1.29 is 14.3 Å². The lowest BCUT2D eigenvalue weighted by Crippen LogP contribution is -2.46. The summed E-state index contributed by atoms with van der Waals surface area (Å²) < 4.78 is 7.59. The molecule has 0 bridgehead atoms. The number of hydrogen-bond donors (Lipinski definition) is 2. The van der Waals surface area contributed by atoms with Crippen LogP contribution in [0.5, 0.6) is 0 Å². The summed E-state index contributed by atoms with van der Waals surface area (Å²) in [5, 5.41) is 9.09. The van der Waals surface area contributed by atoms with E-state index in [1.54, 1.807) is 15.8 Å². The number of carbonyl (C=O) groups is 2. The normalized spacial score (nSPS) is 21.8. The van der Waals surface area contributed by atoms with Crippen molar-refractivity contribution in [3.63, 3.8) is 0 Å². The van der Waals surface area contributed by atoms with E-state index < -0.39 is 11.8 Å². The van der Waals surface area contributed by atoms with Crippen molar-refractivity contribution >= 4 is 45.1 Å². The van der Waals surface area contributed by atoms with E-state index in [4.69, 9.17) is 10.5 Å². The third-order valence-electron chi connectivity index (χ3n) is 7.80. The van der Waals surface area contributed by atoms with E-state index >= 15 is 0 Å². The number of piperidine rings is 1. The fraction of sp³-hybridized carbons (Fsp3) is 0.414. The Hall–Kier alpha value is -4.05. The summed E-state index contributed by atoms with van der Waals surface area (Å²) in [5.41, 5.74) is 9.91. The van der Waals surface area contributed by atoms with E-state index in [0.717, 1.165) is 54.1 Å². The van der Waals surface area contributed by atoms with Crippen molar-refractivity contribution in [1.29, 1.82) is 0 Å². The van der Waals surface area contributed by atoms with Gasteiger partial charge < -0.3 is 20.7 Å². The van der Waals surface area contributed by atoms with E-state index in [2.05, 4.69) is 33.4 Å². The number of nitrogens with two attached hydrogens (primary N) is 1. The van der Waals surface area contributed by atoms with Gasteiger partial charge in [0.15, 0.2) is 0 Å². The van der Waals surface area contributed by atoms with Crippen LogP contribution < -0.4 is 11.1 Å². The molecule has 3 unspecified atom stereocenters. The van der Waals surface area contributed by atoms with Crippen LogP contribution in [0, 0.1) is 12.8 Å². The molecular weight excluding hydrogens is 494 g/mol. The molecule has 2 aliphatic heterocycles. The second kappa shape index (κ2) is 10.3. The fourth-order valence-corrected chi connectivity index (χ4v) is 5.70. The van der Waals surface area contributed by atoms with Crippen LogP contribution >= 0.6 is 0 Å². The van der Waals surface area contributed by atoms with Crippen molar-refractivity contribution in [3.8, 4) is 0 Å². The van der Waals surface area contributed by atoms with Crippen molar-refractivity contribution in [3.05, 3.63) is 54.0 Å². The number of hydrogen-bond acceptors (Lipinski definition) is 7. The van der Waals surface area contributed by atoms with Gasteiger partial charge in [0.1, 0.15) is 17.6 Å². The highest BCUT2D eigenvalue weighted by Crippen LogP contribution is 2.35. The molecule has 5 heterocycles. The second-order valence-corrected chi connectivity index (χ2v) is 10.8. The number of benzene rings is 1. The number of nitrogens with one attached hydrogen (secondary N) is 1. The Morgan fingerprint density at radius 3 is 2.79 bits per heavy atom. The summed E-state index contributed by atoms with van der Waals surface area (Å²) in [6.45, 7) is 5.29. The molecule has 1 aromatic carbocycles. The van der Waals surface area contributed by atoms with Crippen LogP contribution in [0.2, 0.25) is 0 Å². The van der Waals surface area contributed by atoms with Gasteiger partial charge in [0.05, 0.1) is 28.8 Å². The number of pyridine rings is 2. The molecule has 0 saturated carbocycles. The van der Waals surface area contributed by atoms with E-state index in [-0.39, 0.29) is 18.2 Å². The Morgan fingerprint density at radius 1 is 1.10 bits per heavy atom. The van der Waals surface area contributed by atoms with Gasteiger partial charge in [-0.25, -0.2) is 9.67 Å². The van der Waals surface area contributed by atoms with Gasteiger partial charge >= 0.3 is 11.8 Å². The number of anilines is 2. The predicted octanol–water partition coefficient (Wildman–Crippen LogP) is 4.51. The molecule has 2 amide bonds. The van der Waals surface area contributed by atoms with Gasteiger partial charge in [-0.15, -0.1) is 0 Å². The molecule has 10 heteroatoms. The first-order chi connectivity index (χ1) is 18.9. The largest absolute Gasteiger partial charge is 0.383 e. The van der Waals surface area contributed by atoms with Gasteiger partial charge in [0.25, 0.3) is 0 Å². The van der Waals surface area contributed by atoms with E-state index in [0.29, 0.717) is 35.6 Å². The fourth-order valence-electron chi connectivity index (χ4n) is 5.70. The summed E-state index contributed by atoms with van der Waals surface area (Å²) in [6.07, 6.45) is 9.57. The van der Waals surface area contributed by atoms with Gasteiger partial charge in [-0.1, -0.05) is 19.1 Å². The predicted molar refractivity (Wildman–Crippen MR) is 149 cm³/mol. The van der Waals surface area contributed by atoms with Crippen LogP contribution in [0.1, 0.15) is 62.4 Å². The molecule has 39 heavy (non-hydrogen) atoms. The molecule has 2 saturated heterocycles. The molecule has 2 aliphatic rings. The van der Waals surface area contributed by atoms with Crippen LogP contribution in [0.25, 0.3) is 21.8 Å². The maximum Gasteiger partial charge on any atom is 0.314 e. The Morgan fingerprint density at radius 2 is 1.97 bits per heavy atom. The Balaban J connectivity index is 1.26. The standard InChI is InChI=1S/C29H33N7O3/c1-17-6-9-24(20-8-7-19-11-18(2)13-31-22(19)12-20)35(15-17)29(38)28(37)33-23-14-32-27(30)21-16-36(34-26(21)23)25-5-3-4-10-39-25/h7-8,11-14,16-17,24-25H,3-6,9-10,15H2,1-2H3,(H2,30,32)(H,33,37). The zero-order valence-corrected chi connectivity index (χ0v) is 22.3. The number of fused-ring (bicyclic) bond motifs is 2. The molecule has 0 radical (unpaired) electrons. The number of nitrogen functional groups attached to an aromatic ring is 1. The van der Waals surface area contributed by atoms with Crippen LogP contribution in [0.3, 0.4) is 0 Å². The topological polar surface area (TPSA) is 128 Å². The number of rotatable bonds is 3. The minimum Gasteiger partial charge on any atom is -0.383 e. The highest BCUT2D eigenvalue weighted by atomic mass is 16.5. The number of nitrogens with zero attached hydrogens (tertiary/aromatic N) is 5. The average Bonchev–Trinajstić information content (AvgIpc) is 3.41. The smallest absolute Gasteiger partial charge is 0.314 e. The maximum atomic E-state index is 13.6. The lowest BCUT2D eigenvalue weighted by Gasteiger charge is -2.38. The number of carbonyl (C=O) groups excluding carboxylic acids is 2. The molecule has 0 aliphatic carbocycles. The first-order valence-electron chi connectivity index (χ1n) is 13.6. The lowest BCUT2D eigenvalue weighted by molar-refractivity contribution is -0.146. The number of aryl methyl sites for hydroxylation is 1. The van der Waals surface area contributed by atoms with Gasteiger partial charge in [0, 0.05) is 30.9 Å². The van der Waals surface area contributed by atoms with Crippen molar-refractivity contribution in [2.24, 2.45) is 5.92 Å². The van der Waals surface area contributed by atoms with Gasteiger partial charge in [-0.3, -0.25) is 14.6 Å². The Bertz CT molecular complexity index is 1560. The van der Waals surface area contributed by atoms with Crippen LogP contribution in [-0.4, -0.2) is 49.6 Å². The van der Waals surface area contributed by atoms with Crippen molar-refractivity contribution in [2.45, 2.75) is 58.2 Å². The molecule has 202 valence electrons. The number of ether oxygens (including phenoxy) is 1. The summed E-state index contributed by atoms with van der Waals surface area (Å²) in [6, 6.07) is 7.99. The maximum absolute atomic E-state index is 13.6. The summed E-state index contributed by atoms with van der Waals surface area (Å²) in [7, 11) is 0. The van der Waals surface area contributed by atoms with Crippen molar-refractivity contribution in [2.75, 3.05) is 24.2 Å². The van der Waals surface area contributed by atoms with Gasteiger partial charge in [-0.2, -0.15) is 5.10 Å². The second-order valence-electron chi connectivity index (χ2n) is 10.8. The molecule has 4 aromatic rings. The van der Waals surface area contributed by atoms with E-state index in [1.807, 2.05) is 31.3 Å². The monoisotopic (exact) mass is 527 g/mol. The first-order valence-corrected chi connectivity index (χ1v) is 13.6. The minimum absolute atomic E-state index is 0.188. The number of aromatic nitrogens is 4. The van der Waals surface area contributed by atoms with Crippen LogP contribution in [-0.2, 0) is 14.3 Å². The van der Waals surface area contributed by atoms with Crippen molar-refractivity contribution in [1.82, 2.24) is 24.6 Å². The summed E-state index contributed by atoms with van der Waals surface area (Å²) in [5.74, 6) is -0.708. The van der Waals surface area contributed by atoms with E-state index in [1.165, 1.54) is 6.20 Å². The molecule has 6 rings (SSSR count). The Labute approximate surface area is 226 Å². The zero-order chi connectivity index (χ0) is 27.1. The van der Waals surface area contributed by atoms with Gasteiger partial charge in [-0.05, 0) is 68.2 Å². The number of likely N-dealkylation sites (tertiary alicyclic amines) is 1. The molecule has 2 fully saturated rings. The quantitative estimate of drug-likeness (QED) is 0.375. The SMILES string of the molecule is Cc1cnc2cc(C3CCC(C)CN3C(=O)C(=O)Nc3cnc(N)c4cn(C5CCCCO5)nc34)ccc2c1. The summed E-state index contributed by atoms with van der Waals surface area (Å²) >= 11 is 0. The molecule has 10 nitrogen and oxygen atoms in total. The highest BCUT2D eigenvalue weighted by Gasteiger charge is 2.35. The van der Waals surface area contributed by atoms with Crippen LogP contribution in [0.15, 0.2) is 42.9 Å². The zero-order valence-electron chi connectivity index (χ0n) is 22.3. The third-order valence-corrected chi connectivity index (χ3v) is 7.80. The molecule has 3 aromatic heterocycles. The number of amides is 2. The highest BCUT2D eigenvalue weighted by molar-refractivity contribution is 6.40. The molecule has 3 N–H and O–H groups in total.